The van der Waals surface area contributed by atoms with Gasteiger partial charge in [-0.15, -0.1) is 46.2 Å². The maximum atomic E-state index is 2.99. The summed E-state index contributed by atoms with van der Waals surface area (Å²) in [6.45, 7) is 0. The molecule has 34 heavy (non-hydrogen) atoms. The Bertz CT molecular complexity index is 1250. The zero-order valence-corrected chi connectivity index (χ0v) is 21.1. The van der Waals surface area contributed by atoms with Gasteiger partial charge in [-0.05, 0) is 0 Å². The van der Waals surface area contributed by atoms with E-state index in [0.29, 0.717) is 0 Å². The molecule has 0 atom stereocenters. The molecule has 3 heteroatoms. The summed E-state index contributed by atoms with van der Waals surface area (Å²) in [5.41, 5.74) is 2.66. The Balaban J connectivity index is 0.000000191. The molecule has 0 unspecified atom stereocenters. The molecule has 0 radical (unpaired) electrons. The fourth-order valence-electron chi connectivity index (χ4n) is 3.62. The monoisotopic (exact) mass is 524 g/mol. The van der Waals surface area contributed by atoms with Crippen molar-refractivity contribution in [2.45, 2.75) is 6.42 Å². The molecule has 0 amide bonds. The number of benzene rings is 4. The maximum Gasteiger partial charge on any atom is -0.0771 e. The summed E-state index contributed by atoms with van der Waals surface area (Å²) >= 11 is 1.46. The number of halogens is 2. The molecular weight excluding hydrogens is 502 g/mol. The quantitative estimate of drug-likeness (QED) is 0.309. The molecule has 0 N–H and O–H groups in total. The average Bonchev–Trinajstić information content (AvgIpc) is 3.57. The summed E-state index contributed by atoms with van der Waals surface area (Å²) in [6, 6.07) is 40.4. The van der Waals surface area contributed by atoms with Crippen LogP contribution < -0.4 is 9.41 Å². The number of hydrogen-bond acceptors (Lipinski definition) is 0. The van der Waals surface area contributed by atoms with E-state index in [1.165, 1.54) is 60.1 Å². The summed E-state index contributed by atoms with van der Waals surface area (Å²) in [5.74, 6) is 0. The summed E-state index contributed by atoms with van der Waals surface area (Å²) < 4.78 is 1.42. The Hall–Kier alpha value is -3.16. The number of rotatable bonds is 2. The van der Waals surface area contributed by atoms with Crippen molar-refractivity contribution in [1.82, 2.24) is 0 Å². The van der Waals surface area contributed by atoms with Crippen molar-refractivity contribution < 1.29 is 33.6 Å². The van der Waals surface area contributed by atoms with Crippen LogP contribution in [0.25, 0.3) is 21.5 Å². The molecule has 5 aromatic carbocycles. The standard InChI is InChI=1S/C13H9.C13H10.C5H5.2FH.Zr/c1-3-7-12-10(5-1)9-11-6-2-4-8-13(11)12;1-3-7-12(8-4-1)11-13-9-5-2-6-10-13;1-2-4-5-3-1;;;/h1-9H;1-10H;1-3H,4H2;2*1H;/q-1;;-1;;;+2/p-2. The van der Waals surface area contributed by atoms with Gasteiger partial charge in [0.2, 0.25) is 0 Å². The van der Waals surface area contributed by atoms with Gasteiger partial charge < -0.3 is 9.41 Å². The fourth-order valence-corrected chi connectivity index (χ4v) is 4.44. The predicted molar refractivity (Wildman–Crippen MR) is 135 cm³/mol. The van der Waals surface area contributed by atoms with Gasteiger partial charge in [-0.25, -0.2) is 12.2 Å². The summed E-state index contributed by atoms with van der Waals surface area (Å²) in [5, 5.41) is 5.39. The topological polar surface area (TPSA) is 0 Å². The van der Waals surface area contributed by atoms with E-state index in [9.17, 15) is 0 Å². The molecule has 5 aromatic rings. The van der Waals surface area contributed by atoms with Crippen molar-refractivity contribution in [1.29, 1.82) is 0 Å². The number of fused-ring (bicyclic) bond motifs is 3. The third kappa shape index (κ3) is 7.17. The number of allylic oxidation sites excluding steroid dienone is 4. The van der Waals surface area contributed by atoms with E-state index in [1.54, 1.807) is 0 Å². The second-order valence-corrected chi connectivity index (χ2v) is 8.66. The van der Waals surface area contributed by atoms with Crippen LogP contribution in [-0.4, -0.2) is 3.21 Å². The molecule has 0 spiro atoms. The van der Waals surface area contributed by atoms with Crippen molar-refractivity contribution >= 4 is 24.8 Å². The predicted octanol–water partition coefficient (Wildman–Crippen LogP) is 1.83. The van der Waals surface area contributed by atoms with E-state index in [2.05, 4.69) is 127 Å². The van der Waals surface area contributed by atoms with Crippen LogP contribution in [0.15, 0.2) is 133 Å². The van der Waals surface area contributed by atoms with Crippen LogP contribution in [-0.2, 0) is 24.2 Å². The van der Waals surface area contributed by atoms with Gasteiger partial charge in [-0.1, -0.05) is 36.4 Å². The molecule has 168 valence electrons. The van der Waals surface area contributed by atoms with Gasteiger partial charge in [-0.2, -0.15) is 6.08 Å². The average molecular weight is 526 g/mol. The van der Waals surface area contributed by atoms with Gasteiger partial charge in [0.25, 0.3) is 0 Å². The summed E-state index contributed by atoms with van der Waals surface area (Å²) in [6.07, 6.45) is 10.0. The van der Waals surface area contributed by atoms with Crippen molar-refractivity contribution in [3.8, 4) is 0 Å². The van der Waals surface area contributed by atoms with Crippen LogP contribution in [0.3, 0.4) is 0 Å². The molecule has 0 heterocycles. The zero-order valence-electron chi connectivity index (χ0n) is 18.7. The van der Waals surface area contributed by atoms with Crippen LogP contribution in [0, 0.1) is 6.08 Å². The van der Waals surface area contributed by atoms with E-state index in [1.807, 2.05) is 12.2 Å². The van der Waals surface area contributed by atoms with Gasteiger partial charge in [-0.3, -0.25) is 6.08 Å². The molecule has 0 aliphatic heterocycles. The summed E-state index contributed by atoms with van der Waals surface area (Å²) in [4.78, 5) is 0. The normalized spacial score (nSPS) is 10.9. The Morgan fingerprint density at radius 3 is 1.44 bits per heavy atom. The zero-order chi connectivity index (χ0) is 22.0. The Kier molecular flexibility index (Phi) is 11.3. The van der Waals surface area contributed by atoms with Gasteiger partial charge in [0.15, 0.2) is 0 Å². The second kappa shape index (κ2) is 14.2. The minimum atomic E-state index is 0. The first-order valence-corrected chi connectivity index (χ1v) is 12.0. The van der Waals surface area contributed by atoms with E-state index in [0.717, 1.165) is 6.42 Å². The molecule has 0 saturated carbocycles. The first-order chi connectivity index (χ1) is 15.8. The van der Waals surface area contributed by atoms with Crippen LogP contribution in [0.4, 0.5) is 0 Å². The molecule has 0 nitrogen and oxygen atoms in total. The van der Waals surface area contributed by atoms with E-state index >= 15 is 0 Å². The molecule has 0 saturated heterocycles. The van der Waals surface area contributed by atoms with E-state index in [-0.39, 0.29) is 9.41 Å². The van der Waals surface area contributed by atoms with Crippen LogP contribution in [0.5, 0.6) is 0 Å². The van der Waals surface area contributed by atoms with Crippen molar-refractivity contribution in [3.63, 3.8) is 0 Å². The first kappa shape index (κ1) is 27.1. The van der Waals surface area contributed by atoms with E-state index in [4.69, 9.17) is 0 Å². The Labute approximate surface area is 214 Å². The van der Waals surface area contributed by atoms with Crippen LogP contribution in [0.1, 0.15) is 17.5 Å². The molecular formula is C31H24F2Zr-2. The Morgan fingerprint density at radius 2 is 1.06 bits per heavy atom. The van der Waals surface area contributed by atoms with Crippen LogP contribution in [0.2, 0.25) is 0 Å². The molecule has 0 fully saturated rings. The fraction of sp³-hybridized carbons (Fsp3) is 0.0323. The smallest absolute Gasteiger partial charge is 0.0771 e. The van der Waals surface area contributed by atoms with Crippen molar-refractivity contribution in [2.24, 2.45) is 0 Å². The third-order valence-corrected chi connectivity index (χ3v) is 6.65. The minimum absolute atomic E-state index is 0. The van der Waals surface area contributed by atoms with Gasteiger partial charge in [0.05, 0.1) is 0 Å². The first-order valence-electron chi connectivity index (χ1n) is 10.8. The number of hydrogen-bond donors (Lipinski definition) is 0. The van der Waals surface area contributed by atoms with Gasteiger partial charge >= 0.3 is 99.2 Å². The summed E-state index contributed by atoms with van der Waals surface area (Å²) in [7, 11) is 0. The second-order valence-electron chi connectivity index (χ2n) is 7.43. The molecule has 1 aliphatic carbocycles. The van der Waals surface area contributed by atoms with E-state index < -0.39 is 0 Å². The van der Waals surface area contributed by atoms with Gasteiger partial charge in [0.1, 0.15) is 0 Å². The minimum Gasteiger partial charge on any atom is -0.126 e. The van der Waals surface area contributed by atoms with Crippen molar-refractivity contribution in [3.05, 3.63) is 151 Å². The van der Waals surface area contributed by atoms with Crippen molar-refractivity contribution in [2.75, 3.05) is 0 Å². The molecule has 0 bridgehead atoms. The SMILES string of the molecule is [C-]1=CC=CC1.[F-].[F-].[Zr+2]=[C](c1ccccc1)c1ccccc1.c1ccc2c(c1)[cH-]c1ccccc12. The van der Waals surface area contributed by atoms with Gasteiger partial charge in [0, 0.05) is 0 Å². The largest absolute Gasteiger partial charge is 0.126 e. The molecule has 0 aromatic heterocycles. The molecule has 6 rings (SSSR count). The third-order valence-electron chi connectivity index (χ3n) is 5.23. The van der Waals surface area contributed by atoms with Crippen LogP contribution >= 0.6 is 0 Å². The molecule has 1 aliphatic rings. The Morgan fingerprint density at radius 1 is 0.618 bits per heavy atom. The maximum absolute atomic E-state index is 2.99.